The monoisotopic (exact) mass is 235 g/mol. The van der Waals surface area contributed by atoms with Crippen LogP contribution in [-0.4, -0.2) is 27.5 Å². The summed E-state index contributed by atoms with van der Waals surface area (Å²) in [6.07, 6.45) is 3.55. The SMILES string of the molecule is N#Cc1ccnc(S(=O)C2CCCNC2)c1. The zero-order chi connectivity index (χ0) is 11.4. The topological polar surface area (TPSA) is 65.8 Å². The summed E-state index contributed by atoms with van der Waals surface area (Å²) in [6.45, 7) is 1.77. The summed E-state index contributed by atoms with van der Waals surface area (Å²) in [6, 6.07) is 5.28. The van der Waals surface area contributed by atoms with Gasteiger partial charge in [0.1, 0.15) is 5.03 Å². The highest BCUT2D eigenvalue weighted by Gasteiger charge is 2.21. The van der Waals surface area contributed by atoms with E-state index in [-0.39, 0.29) is 5.25 Å². The van der Waals surface area contributed by atoms with E-state index in [0.717, 1.165) is 25.9 Å². The van der Waals surface area contributed by atoms with Gasteiger partial charge < -0.3 is 5.32 Å². The smallest absolute Gasteiger partial charge is 0.128 e. The first-order valence-electron chi connectivity index (χ1n) is 5.28. The molecule has 2 heterocycles. The predicted molar refractivity (Wildman–Crippen MR) is 61.3 cm³/mol. The molecule has 84 valence electrons. The molecule has 0 amide bonds. The van der Waals surface area contributed by atoms with Gasteiger partial charge in [0.05, 0.1) is 27.7 Å². The third-order valence-corrected chi connectivity index (χ3v) is 4.27. The summed E-state index contributed by atoms with van der Waals surface area (Å²) >= 11 is 0. The molecule has 2 unspecified atom stereocenters. The standard InChI is InChI=1S/C11H13N3OS/c12-7-9-3-5-14-11(6-9)16(15)10-2-1-4-13-8-10/h3,5-6,10,13H,1-2,4,8H2. The Labute approximate surface area is 97.2 Å². The first-order valence-corrected chi connectivity index (χ1v) is 6.50. The Kier molecular flexibility index (Phi) is 3.65. The number of nitrogens with zero attached hydrogens (tertiary/aromatic N) is 2. The molecule has 2 rings (SSSR count). The van der Waals surface area contributed by atoms with Crippen LogP contribution in [0.25, 0.3) is 0 Å². The number of piperidine rings is 1. The zero-order valence-electron chi connectivity index (χ0n) is 8.85. The molecule has 1 aromatic heterocycles. The van der Waals surface area contributed by atoms with Crippen molar-refractivity contribution in [3.8, 4) is 6.07 Å². The number of nitrogens with one attached hydrogen (secondary N) is 1. The molecule has 16 heavy (non-hydrogen) atoms. The summed E-state index contributed by atoms with van der Waals surface area (Å²) in [5.41, 5.74) is 0.516. The van der Waals surface area contributed by atoms with Crippen LogP contribution in [0, 0.1) is 11.3 Å². The average molecular weight is 235 g/mol. The highest BCUT2D eigenvalue weighted by atomic mass is 32.2. The third kappa shape index (κ3) is 2.46. The largest absolute Gasteiger partial charge is 0.316 e. The first kappa shape index (κ1) is 11.2. The van der Waals surface area contributed by atoms with Gasteiger partial charge in [-0.3, -0.25) is 4.21 Å². The second-order valence-corrected chi connectivity index (χ2v) is 5.44. The van der Waals surface area contributed by atoms with Crippen LogP contribution in [0.3, 0.4) is 0 Å². The first-order chi connectivity index (χ1) is 7.81. The molecule has 2 atom stereocenters. The highest BCUT2D eigenvalue weighted by Crippen LogP contribution is 2.15. The van der Waals surface area contributed by atoms with Crippen LogP contribution in [0.15, 0.2) is 23.4 Å². The lowest BCUT2D eigenvalue weighted by molar-refractivity contribution is 0.519. The van der Waals surface area contributed by atoms with Crippen LogP contribution in [0.4, 0.5) is 0 Å². The lowest BCUT2D eigenvalue weighted by Crippen LogP contribution is -2.36. The van der Waals surface area contributed by atoms with Crippen LogP contribution >= 0.6 is 0 Å². The van der Waals surface area contributed by atoms with Crippen molar-refractivity contribution in [2.45, 2.75) is 23.1 Å². The zero-order valence-corrected chi connectivity index (χ0v) is 9.67. The number of pyridine rings is 1. The Balaban J connectivity index is 2.16. The molecule has 1 aliphatic rings. The molecule has 4 nitrogen and oxygen atoms in total. The molecule has 0 saturated carbocycles. The van der Waals surface area contributed by atoms with E-state index in [0.29, 0.717) is 10.6 Å². The molecular weight excluding hydrogens is 222 g/mol. The molecule has 0 aromatic carbocycles. The summed E-state index contributed by atoms with van der Waals surface area (Å²) in [5.74, 6) is 0. The molecule has 1 fully saturated rings. The lowest BCUT2D eigenvalue weighted by atomic mass is 10.2. The van der Waals surface area contributed by atoms with Crippen LogP contribution in [0.2, 0.25) is 0 Å². The molecular formula is C11H13N3OS. The van der Waals surface area contributed by atoms with Crippen molar-refractivity contribution in [3.63, 3.8) is 0 Å². The average Bonchev–Trinajstić information content (AvgIpc) is 2.39. The molecule has 1 saturated heterocycles. The normalized spacial score (nSPS) is 22.3. The van der Waals surface area contributed by atoms with Crippen LogP contribution in [0.1, 0.15) is 18.4 Å². The van der Waals surface area contributed by atoms with Crippen molar-refractivity contribution in [1.82, 2.24) is 10.3 Å². The minimum atomic E-state index is -1.11. The number of aromatic nitrogens is 1. The fourth-order valence-corrected chi connectivity index (χ4v) is 3.16. The van der Waals surface area contributed by atoms with Gasteiger partial charge in [0, 0.05) is 12.7 Å². The fraction of sp³-hybridized carbons (Fsp3) is 0.455. The Bertz CT molecular complexity index is 435. The molecule has 0 bridgehead atoms. The molecule has 1 aromatic rings. The summed E-state index contributed by atoms with van der Waals surface area (Å²) < 4.78 is 12.2. The molecule has 0 spiro atoms. The number of nitriles is 1. The van der Waals surface area contributed by atoms with Gasteiger partial charge in [0.2, 0.25) is 0 Å². The third-order valence-electron chi connectivity index (χ3n) is 2.62. The minimum absolute atomic E-state index is 0.121. The van der Waals surface area contributed by atoms with Crippen LogP contribution in [0.5, 0.6) is 0 Å². The van der Waals surface area contributed by atoms with E-state index in [1.165, 1.54) is 0 Å². The van der Waals surface area contributed by atoms with E-state index in [1.54, 1.807) is 18.3 Å². The van der Waals surface area contributed by atoms with Gasteiger partial charge in [-0.05, 0) is 31.5 Å². The van der Waals surface area contributed by atoms with Crippen molar-refractivity contribution in [3.05, 3.63) is 23.9 Å². The summed E-state index contributed by atoms with van der Waals surface area (Å²) in [7, 11) is -1.11. The Morgan fingerprint density at radius 3 is 3.19 bits per heavy atom. The van der Waals surface area contributed by atoms with Gasteiger partial charge in [0.15, 0.2) is 0 Å². The van der Waals surface area contributed by atoms with E-state index < -0.39 is 10.8 Å². The molecule has 1 N–H and O–H groups in total. The van der Waals surface area contributed by atoms with Gasteiger partial charge in [-0.1, -0.05) is 0 Å². The second-order valence-electron chi connectivity index (χ2n) is 3.76. The fourth-order valence-electron chi connectivity index (χ4n) is 1.76. The molecule has 0 radical (unpaired) electrons. The Morgan fingerprint density at radius 1 is 1.62 bits per heavy atom. The number of rotatable bonds is 2. The molecule has 5 heteroatoms. The maximum atomic E-state index is 12.2. The van der Waals surface area contributed by atoms with Crippen LogP contribution < -0.4 is 5.32 Å². The summed E-state index contributed by atoms with van der Waals surface area (Å²) in [5, 5.41) is 12.6. The second kappa shape index (κ2) is 5.19. The van der Waals surface area contributed by atoms with E-state index >= 15 is 0 Å². The molecule has 0 aliphatic carbocycles. The van der Waals surface area contributed by atoms with Gasteiger partial charge in [0.25, 0.3) is 0 Å². The maximum absolute atomic E-state index is 12.2. The highest BCUT2D eigenvalue weighted by molar-refractivity contribution is 7.85. The van der Waals surface area contributed by atoms with Gasteiger partial charge in [-0.15, -0.1) is 0 Å². The van der Waals surface area contributed by atoms with Crippen LogP contribution in [-0.2, 0) is 10.8 Å². The van der Waals surface area contributed by atoms with Gasteiger partial charge in [-0.2, -0.15) is 5.26 Å². The van der Waals surface area contributed by atoms with Crippen molar-refractivity contribution in [2.24, 2.45) is 0 Å². The number of hydrogen-bond acceptors (Lipinski definition) is 4. The predicted octanol–water partition coefficient (Wildman–Crippen LogP) is 0.813. The van der Waals surface area contributed by atoms with E-state index in [9.17, 15) is 4.21 Å². The van der Waals surface area contributed by atoms with Gasteiger partial charge >= 0.3 is 0 Å². The van der Waals surface area contributed by atoms with Crippen molar-refractivity contribution >= 4 is 10.8 Å². The maximum Gasteiger partial charge on any atom is 0.128 e. The Hall–Kier alpha value is -1.25. The van der Waals surface area contributed by atoms with Crippen molar-refractivity contribution < 1.29 is 4.21 Å². The van der Waals surface area contributed by atoms with Crippen molar-refractivity contribution in [1.29, 1.82) is 5.26 Å². The summed E-state index contributed by atoms with van der Waals surface area (Å²) in [4.78, 5) is 4.08. The molecule has 1 aliphatic heterocycles. The quantitative estimate of drug-likeness (QED) is 0.824. The Morgan fingerprint density at radius 2 is 2.50 bits per heavy atom. The van der Waals surface area contributed by atoms with E-state index in [1.807, 2.05) is 6.07 Å². The minimum Gasteiger partial charge on any atom is -0.316 e. The van der Waals surface area contributed by atoms with E-state index in [4.69, 9.17) is 5.26 Å². The lowest BCUT2D eigenvalue weighted by Gasteiger charge is -2.21. The number of hydrogen-bond donors (Lipinski definition) is 1. The van der Waals surface area contributed by atoms with Gasteiger partial charge in [-0.25, -0.2) is 4.98 Å². The van der Waals surface area contributed by atoms with E-state index in [2.05, 4.69) is 10.3 Å². The van der Waals surface area contributed by atoms with Crippen molar-refractivity contribution in [2.75, 3.05) is 13.1 Å².